The van der Waals surface area contributed by atoms with Gasteiger partial charge in [0.25, 0.3) is 0 Å². The van der Waals surface area contributed by atoms with Gasteiger partial charge in [-0.25, -0.2) is 0 Å². The molecule has 15 heavy (non-hydrogen) atoms. The van der Waals surface area contributed by atoms with Gasteiger partial charge in [0.15, 0.2) is 0 Å². The van der Waals surface area contributed by atoms with E-state index < -0.39 is 12.1 Å². The average molecular weight is 222 g/mol. The topological polar surface area (TPSA) is 0 Å². The zero-order valence-corrected chi connectivity index (χ0v) is 10.0. The van der Waals surface area contributed by atoms with Gasteiger partial charge in [-0.3, -0.25) is 0 Å². The molecule has 1 saturated carbocycles. The van der Waals surface area contributed by atoms with Crippen LogP contribution in [0.25, 0.3) is 0 Å². The van der Waals surface area contributed by atoms with Gasteiger partial charge < -0.3 is 0 Å². The Labute approximate surface area is 90.2 Å². The van der Waals surface area contributed by atoms with Crippen molar-refractivity contribution in [3.63, 3.8) is 0 Å². The molecule has 0 atom stereocenters. The molecule has 3 heteroatoms. The molecule has 0 nitrogen and oxygen atoms in total. The van der Waals surface area contributed by atoms with E-state index in [1.807, 2.05) is 0 Å². The van der Waals surface area contributed by atoms with Crippen molar-refractivity contribution >= 4 is 0 Å². The van der Waals surface area contributed by atoms with Gasteiger partial charge in [-0.2, -0.15) is 13.2 Å². The first-order valence-corrected chi connectivity index (χ1v) is 5.63. The number of hydrogen-bond acceptors (Lipinski definition) is 0. The number of alkyl halides is 3. The van der Waals surface area contributed by atoms with Crippen molar-refractivity contribution in [1.29, 1.82) is 0 Å². The molecule has 0 amide bonds. The summed E-state index contributed by atoms with van der Waals surface area (Å²) >= 11 is 0. The van der Waals surface area contributed by atoms with Gasteiger partial charge in [-0.05, 0) is 36.5 Å². The molecule has 1 aliphatic rings. The molecule has 0 N–H and O–H groups in total. The summed E-state index contributed by atoms with van der Waals surface area (Å²) in [6, 6.07) is 0. The van der Waals surface area contributed by atoms with E-state index in [2.05, 4.69) is 27.7 Å². The molecule has 0 unspecified atom stereocenters. The smallest absolute Gasteiger partial charge is 0.171 e. The Morgan fingerprint density at radius 2 is 1.40 bits per heavy atom. The van der Waals surface area contributed by atoms with Gasteiger partial charge in [0.2, 0.25) is 0 Å². The highest BCUT2D eigenvalue weighted by molar-refractivity contribution is 4.91. The number of rotatable bonds is 0. The minimum absolute atomic E-state index is 0.0642. The lowest BCUT2D eigenvalue weighted by atomic mass is 9.59. The van der Waals surface area contributed by atoms with Crippen LogP contribution in [0.1, 0.15) is 53.4 Å². The lowest BCUT2D eigenvalue weighted by Crippen LogP contribution is -2.39. The van der Waals surface area contributed by atoms with Crippen molar-refractivity contribution in [2.75, 3.05) is 0 Å². The normalized spacial score (nSPS) is 34.2. The van der Waals surface area contributed by atoms with Crippen LogP contribution in [0.4, 0.5) is 13.2 Å². The molecule has 0 spiro atoms. The monoisotopic (exact) mass is 222 g/mol. The Hall–Kier alpha value is -0.210. The van der Waals surface area contributed by atoms with E-state index >= 15 is 0 Å². The summed E-state index contributed by atoms with van der Waals surface area (Å²) < 4.78 is 37.5. The standard InChI is InChI=1S/C12H21F3/c1-10(2,3)11(4)7-5-9(6-8-11)12(13,14)15/h9H,5-8H2,1-4H3. The van der Waals surface area contributed by atoms with Crippen LogP contribution >= 0.6 is 0 Å². The maximum atomic E-state index is 12.5. The molecule has 0 heterocycles. The van der Waals surface area contributed by atoms with Crippen LogP contribution in [0.3, 0.4) is 0 Å². The molecule has 0 saturated heterocycles. The second kappa shape index (κ2) is 3.67. The number of halogens is 3. The van der Waals surface area contributed by atoms with E-state index in [4.69, 9.17) is 0 Å². The molecule has 0 radical (unpaired) electrons. The van der Waals surface area contributed by atoms with E-state index in [9.17, 15) is 13.2 Å². The van der Waals surface area contributed by atoms with E-state index in [0.717, 1.165) is 0 Å². The third kappa shape index (κ3) is 2.67. The van der Waals surface area contributed by atoms with Gasteiger partial charge in [-0.15, -0.1) is 0 Å². The SMILES string of the molecule is CC(C)(C)C1(C)CCC(C(F)(F)F)CC1. The summed E-state index contributed by atoms with van der Waals surface area (Å²) in [5.74, 6) is -1.06. The fourth-order valence-electron chi connectivity index (χ4n) is 2.33. The molecule has 1 fully saturated rings. The lowest BCUT2D eigenvalue weighted by molar-refractivity contribution is -0.190. The van der Waals surface area contributed by atoms with E-state index in [1.165, 1.54) is 0 Å². The lowest BCUT2D eigenvalue weighted by Gasteiger charge is -2.47. The molecule has 0 aromatic carbocycles. The first kappa shape index (κ1) is 12.9. The van der Waals surface area contributed by atoms with Crippen molar-refractivity contribution in [3.05, 3.63) is 0 Å². The van der Waals surface area contributed by atoms with Crippen molar-refractivity contribution in [3.8, 4) is 0 Å². The van der Waals surface area contributed by atoms with Crippen molar-refractivity contribution in [2.45, 2.75) is 59.6 Å². The minimum Gasteiger partial charge on any atom is -0.171 e. The van der Waals surface area contributed by atoms with Gasteiger partial charge in [0.05, 0.1) is 5.92 Å². The first-order chi connectivity index (χ1) is 6.56. The molecule has 1 aliphatic carbocycles. The van der Waals surface area contributed by atoms with E-state index in [1.54, 1.807) is 0 Å². The molecular formula is C12H21F3. The van der Waals surface area contributed by atoms with Crippen LogP contribution in [0.2, 0.25) is 0 Å². The summed E-state index contributed by atoms with van der Waals surface area (Å²) in [7, 11) is 0. The Morgan fingerprint density at radius 1 is 1.00 bits per heavy atom. The highest BCUT2D eigenvalue weighted by Gasteiger charge is 2.47. The Bertz CT molecular complexity index is 214. The van der Waals surface area contributed by atoms with Gasteiger partial charge >= 0.3 is 6.18 Å². The Morgan fingerprint density at radius 3 is 1.67 bits per heavy atom. The zero-order valence-electron chi connectivity index (χ0n) is 10.0. The second-order valence-electron chi connectivity index (χ2n) is 6.13. The fraction of sp³-hybridized carbons (Fsp3) is 1.00. The van der Waals surface area contributed by atoms with Crippen molar-refractivity contribution < 1.29 is 13.2 Å². The average Bonchev–Trinajstić information content (AvgIpc) is 2.01. The summed E-state index contributed by atoms with van der Waals surface area (Å²) in [5.41, 5.74) is 0.165. The van der Waals surface area contributed by atoms with Gasteiger partial charge in [0.1, 0.15) is 0 Å². The highest BCUT2D eigenvalue weighted by atomic mass is 19.4. The minimum atomic E-state index is -3.99. The highest BCUT2D eigenvalue weighted by Crippen LogP contribution is 2.52. The predicted octanol–water partition coefficient (Wildman–Crippen LogP) is 4.79. The van der Waals surface area contributed by atoms with Gasteiger partial charge in [0, 0.05) is 0 Å². The maximum Gasteiger partial charge on any atom is 0.391 e. The van der Waals surface area contributed by atoms with Crippen LogP contribution in [0.15, 0.2) is 0 Å². The Kier molecular flexibility index (Phi) is 3.15. The number of hydrogen-bond donors (Lipinski definition) is 0. The first-order valence-electron chi connectivity index (χ1n) is 5.63. The summed E-state index contributed by atoms with van der Waals surface area (Å²) in [5, 5.41) is 0. The maximum absolute atomic E-state index is 12.5. The van der Waals surface area contributed by atoms with Crippen molar-refractivity contribution in [2.24, 2.45) is 16.7 Å². The summed E-state index contributed by atoms with van der Waals surface area (Å²) in [6.07, 6.45) is -1.99. The third-order valence-electron chi connectivity index (χ3n) is 4.36. The molecule has 0 bridgehead atoms. The van der Waals surface area contributed by atoms with Crippen LogP contribution in [0, 0.1) is 16.7 Å². The molecule has 0 aliphatic heterocycles. The zero-order chi connectivity index (χ0) is 11.9. The van der Waals surface area contributed by atoms with E-state index in [0.29, 0.717) is 25.7 Å². The predicted molar refractivity (Wildman–Crippen MR) is 55.6 cm³/mol. The molecule has 90 valence electrons. The third-order valence-corrected chi connectivity index (χ3v) is 4.36. The molecule has 0 aromatic heterocycles. The van der Waals surface area contributed by atoms with Crippen molar-refractivity contribution in [1.82, 2.24) is 0 Å². The van der Waals surface area contributed by atoms with Crippen LogP contribution in [-0.2, 0) is 0 Å². The summed E-state index contributed by atoms with van der Waals surface area (Å²) in [6.45, 7) is 8.50. The molecule has 0 aromatic rings. The molecule has 1 rings (SSSR count). The second-order valence-corrected chi connectivity index (χ2v) is 6.13. The van der Waals surface area contributed by atoms with Gasteiger partial charge in [-0.1, -0.05) is 27.7 Å². The largest absolute Gasteiger partial charge is 0.391 e. The van der Waals surface area contributed by atoms with Crippen LogP contribution < -0.4 is 0 Å². The quantitative estimate of drug-likeness (QED) is 0.552. The summed E-state index contributed by atoms with van der Waals surface area (Å²) in [4.78, 5) is 0. The fourth-order valence-corrected chi connectivity index (χ4v) is 2.33. The Balaban J connectivity index is 2.64. The van der Waals surface area contributed by atoms with Crippen LogP contribution in [0.5, 0.6) is 0 Å². The van der Waals surface area contributed by atoms with Crippen LogP contribution in [-0.4, -0.2) is 6.18 Å². The molecular weight excluding hydrogens is 201 g/mol. The van der Waals surface area contributed by atoms with E-state index in [-0.39, 0.29) is 10.8 Å².